The van der Waals surface area contributed by atoms with E-state index in [2.05, 4.69) is 10.3 Å². The van der Waals surface area contributed by atoms with Gasteiger partial charge in [-0.05, 0) is 31.2 Å². The third-order valence-corrected chi connectivity index (χ3v) is 2.55. The predicted octanol–water partition coefficient (Wildman–Crippen LogP) is 2.41. The summed E-state index contributed by atoms with van der Waals surface area (Å²) in [6.07, 6.45) is 0. The zero-order chi connectivity index (χ0) is 13.1. The summed E-state index contributed by atoms with van der Waals surface area (Å²) >= 11 is 0. The minimum absolute atomic E-state index is 0.203. The molecule has 5 nitrogen and oxygen atoms in total. The molecule has 2 rings (SSSR count). The van der Waals surface area contributed by atoms with Gasteiger partial charge in [-0.2, -0.15) is 0 Å². The highest BCUT2D eigenvalue weighted by Crippen LogP contribution is 2.21. The molecule has 2 aromatic rings. The molecule has 18 heavy (non-hydrogen) atoms. The lowest BCUT2D eigenvalue weighted by atomic mass is 10.2. The number of aromatic nitrogens is 1. The van der Waals surface area contributed by atoms with Gasteiger partial charge in [-0.3, -0.25) is 0 Å². The molecule has 92 valence electrons. The van der Waals surface area contributed by atoms with Crippen molar-refractivity contribution >= 4 is 23.2 Å². The normalized spacial score (nSPS) is 10.1. The smallest absolute Gasteiger partial charge is 0.337 e. The predicted molar refractivity (Wildman–Crippen MR) is 70.1 cm³/mol. The van der Waals surface area contributed by atoms with Gasteiger partial charge >= 0.3 is 5.97 Å². The fourth-order valence-corrected chi connectivity index (χ4v) is 1.56. The van der Waals surface area contributed by atoms with Gasteiger partial charge < -0.3 is 16.2 Å². The van der Waals surface area contributed by atoms with Gasteiger partial charge in [-0.1, -0.05) is 12.1 Å². The molecule has 1 aromatic carbocycles. The average Bonchev–Trinajstić information content (AvgIpc) is 2.34. The monoisotopic (exact) mass is 243 g/mol. The van der Waals surface area contributed by atoms with Crippen molar-refractivity contribution < 1.29 is 9.90 Å². The molecular formula is C13H13N3O2. The van der Waals surface area contributed by atoms with E-state index in [0.29, 0.717) is 22.9 Å². The van der Waals surface area contributed by atoms with E-state index in [1.807, 2.05) is 0 Å². The molecule has 0 spiro atoms. The van der Waals surface area contributed by atoms with E-state index >= 15 is 0 Å². The Morgan fingerprint density at radius 1 is 1.28 bits per heavy atom. The lowest BCUT2D eigenvalue weighted by molar-refractivity contribution is 0.0698. The molecule has 0 bridgehead atoms. The molecule has 0 unspecified atom stereocenters. The lowest BCUT2D eigenvalue weighted by Gasteiger charge is -2.09. The number of aromatic carboxylic acids is 1. The minimum atomic E-state index is -0.981. The van der Waals surface area contributed by atoms with Gasteiger partial charge in [0.2, 0.25) is 0 Å². The summed E-state index contributed by atoms with van der Waals surface area (Å²) in [4.78, 5) is 15.3. The minimum Gasteiger partial charge on any atom is -0.478 e. The van der Waals surface area contributed by atoms with E-state index in [-0.39, 0.29) is 5.56 Å². The first-order chi connectivity index (χ1) is 8.58. The number of anilines is 3. The first-order valence-corrected chi connectivity index (χ1v) is 5.40. The number of nitrogens with zero attached hydrogens (tertiary/aromatic N) is 1. The molecule has 0 amide bonds. The van der Waals surface area contributed by atoms with Crippen molar-refractivity contribution in [3.63, 3.8) is 0 Å². The van der Waals surface area contributed by atoms with Crippen LogP contribution in [-0.2, 0) is 0 Å². The second-order valence-electron chi connectivity index (χ2n) is 3.85. The zero-order valence-electron chi connectivity index (χ0n) is 9.84. The molecule has 1 aromatic heterocycles. The standard InChI is InChI=1S/C13H13N3O2/c1-8-10(14)6-7-12(15-8)16-11-5-3-2-4-9(11)13(17)18/h2-7H,14H2,1H3,(H,15,16)(H,17,18). The van der Waals surface area contributed by atoms with Crippen LogP contribution in [0.25, 0.3) is 0 Å². The van der Waals surface area contributed by atoms with Crippen LogP contribution in [0, 0.1) is 6.92 Å². The number of nitrogens with two attached hydrogens (primary N) is 1. The van der Waals surface area contributed by atoms with Crippen LogP contribution < -0.4 is 11.1 Å². The third-order valence-electron chi connectivity index (χ3n) is 2.55. The second-order valence-corrected chi connectivity index (χ2v) is 3.85. The molecule has 0 atom stereocenters. The van der Waals surface area contributed by atoms with E-state index in [1.54, 1.807) is 37.3 Å². The Labute approximate surface area is 104 Å². The molecular weight excluding hydrogens is 230 g/mol. The number of benzene rings is 1. The van der Waals surface area contributed by atoms with Crippen molar-refractivity contribution in [2.24, 2.45) is 0 Å². The number of nitrogens with one attached hydrogen (secondary N) is 1. The van der Waals surface area contributed by atoms with Crippen molar-refractivity contribution in [3.8, 4) is 0 Å². The quantitative estimate of drug-likeness (QED) is 0.770. The number of nitrogen functional groups attached to an aromatic ring is 1. The molecule has 5 heteroatoms. The maximum Gasteiger partial charge on any atom is 0.337 e. The highest BCUT2D eigenvalue weighted by Gasteiger charge is 2.09. The summed E-state index contributed by atoms with van der Waals surface area (Å²) in [6, 6.07) is 10.1. The number of carboxylic acid groups (broad SMARTS) is 1. The van der Waals surface area contributed by atoms with E-state index in [9.17, 15) is 4.79 Å². The summed E-state index contributed by atoms with van der Waals surface area (Å²) < 4.78 is 0. The van der Waals surface area contributed by atoms with Crippen LogP contribution in [-0.4, -0.2) is 16.1 Å². The van der Waals surface area contributed by atoms with Gasteiger partial charge in [-0.25, -0.2) is 9.78 Å². The topological polar surface area (TPSA) is 88.2 Å². The van der Waals surface area contributed by atoms with Crippen LogP contribution in [0.3, 0.4) is 0 Å². The number of carbonyl (C=O) groups is 1. The summed E-state index contributed by atoms with van der Waals surface area (Å²) in [5.74, 6) is -0.416. The van der Waals surface area contributed by atoms with Gasteiger partial charge in [0.25, 0.3) is 0 Å². The van der Waals surface area contributed by atoms with Crippen LogP contribution in [0.15, 0.2) is 36.4 Å². The van der Waals surface area contributed by atoms with Gasteiger partial charge in [0.1, 0.15) is 5.82 Å². The first-order valence-electron chi connectivity index (χ1n) is 5.40. The number of hydrogen-bond donors (Lipinski definition) is 3. The maximum absolute atomic E-state index is 11.1. The summed E-state index contributed by atoms with van der Waals surface area (Å²) in [6.45, 7) is 1.80. The van der Waals surface area contributed by atoms with Crippen LogP contribution >= 0.6 is 0 Å². The van der Waals surface area contributed by atoms with Crippen molar-refractivity contribution in [1.82, 2.24) is 4.98 Å². The lowest BCUT2D eigenvalue weighted by Crippen LogP contribution is -2.04. The first kappa shape index (κ1) is 11.9. The second kappa shape index (κ2) is 4.75. The summed E-state index contributed by atoms with van der Waals surface area (Å²) in [5, 5.41) is 12.0. The van der Waals surface area contributed by atoms with Crippen molar-refractivity contribution in [2.45, 2.75) is 6.92 Å². The zero-order valence-corrected chi connectivity index (χ0v) is 9.84. The third kappa shape index (κ3) is 2.40. The Morgan fingerprint density at radius 2 is 2.00 bits per heavy atom. The van der Waals surface area contributed by atoms with Gasteiger partial charge in [-0.15, -0.1) is 0 Å². The molecule has 0 saturated carbocycles. The largest absolute Gasteiger partial charge is 0.478 e. The molecule has 0 radical (unpaired) electrons. The highest BCUT2D eigenvalue weighted by atomic mass is 16.4. The van der Waals surface area contributed by atoms with Crippen molar-refractivity contribution in [1.29, 1.82) is 0 Å². The number of rotatable bonds is 3. The molecule has 1 heterocycles. The van der Waals surface area contributed by atoms with Crippen LogP contribution in [0.5, 0.6) is 0 Å². The number of aryl methyl sites for hydroxylation is 1. The molecule has 0 aliphatic heterocycles. The van der Waals surface area contributed by atoms with Gasteiger partial charge in [0, 0.05) is 0 Å². The Hall–Kier alpha value is -2.56. The number of pyridine rings is 1. The van der Waals surface area contributed by atoms with Crippen molar-refractivity contribution in [3.05, 3.63) is 47.7 Å². The molecule has 4 N–H and O–H groups in total. The van der Waals surface area contributed by atoms with Crippen molar-refractivity contribution in [2.75, 3.05) is 11.1 Å². The Bertz CT molecular complexity index is 597. The van der Waals surface area contributed by atoms with E-state index in [4.69, 9.17) is 10.8 Å². The molecule has 0 aliphatic rings. The SMILES string of the molecule is Cc1nc(Nc2ccccc2C(=O)O)ccc1N. The number of carboxylic acids is 1. The van der Waals surface area contributed by atoms with Crippen LogP contribution in [0.1, 0.15) is 16.1 Å². The Balaban J connectivity index is 2.34. The Morgan fingerprint density at radius 3 is 2.67 bits per heavy atom. The Kier molecular flexibility index (Phi) is 3.14. The average molecular weight is 243 g/mol. The van der Waals surface area contributed by atoms with Gasteiger partial charge in [0.05, 0.1) is 22.6 Å². The summed E-state index contributed by atoms with van der Waals surface area (Å²) in [7, 11) is 0. The van der Waals surface area contributed by atoms with E-state index in [0.717, 1.165) is 0 Å². The molecule has 0 fully saturated rings. The van der Waals surface area contributed by atoms with Crippen LogP contribution in [0.2, 0.25) is 0 Å². The molecule has 0 aliphatic carbocycles. The van der Waals surface area contributed by atoms with Gasteiger partial charge in [0.15, 0.2) is 0 Å². The fourth-order valence-electron chi connectivity index (χ4n) is 1.56. The highest BCUT2D eigenvalue weighted by molar-refractivity contribution is 5.94. The van der Waals surface area contributed by atoms with Crippen LogP contribution in [0.4, 0.5) is 17.2 Å². The molecule has 0 saturated heterocycles. The maximum atomic E-state index is 11.1. The fraction of sp³-hybridized carbons (Fsp3) is 0.0769. The number of para-hydroxylation sites is 1. The van der Waals surface area contributed by atoms with E-state index < -0.39 is 5.97 Å². The summed E-state index contributed by atoms with van der Waals surface area (Å²) in [5.41, 5.74) is 7.69. The van der Waals surface area contributed by atoms with E-state index in [1.165, 1.54) is 6.07 Å². The number of hydrogen-bond acceptors (Lipinski definition) is 4.